The molecule has 1 aromatic rings. The molecule has 0 aliphatic heterocycles. The molecule has 1 rings (SSSR count). The van der Waals surface area contributed by atoms with Crippen molar-refractivity contribution in [3.05, 3.63) is 27.7 Å². The van der Waals surface area contributed by atoms with Crippen LogP contribution < -0.4 is 10.5 Å². The average Bonchev–Trinajstić information content (AvgIpc) is 2.37. The summed E-state index contributed by atoms with van der Waals surface area (Å²) < 4.78 is 27.6. The van der Waals surface area contributed by atoms with Gasteiger partial charge in [0.25, 0.3) is 0 Å². The number of benzene rings is 1. The maximum atomic E-state index is 12.5. The van der Waals surface area contributed by atoms with Crippen LogP contribution in [0, 0.1) is 5.92 Å². The van der Waals surface area contributed by atoms with E-state index in [-0.39, 0.29) is 28.4 Å². The Balaban J connectivity index is 3.25. The van der Waals surface area contributed by atoms with E-state index in [0.717, 1.165) is 0 Å². The molecule has 0 fully saturated rings. The highest BCUT2D eigenvalue weighted by molar-refractivity contribution is 7.89. The molecule has 4 nitrogen and oxygen atoms in total. The molecular weight excluding hydrogens is 319 g/mol. The summed E-state index contributed by atoms with van der Waals surface area (Å²) in [6, 6.07) is 2.76. The van der Waals surface area contributed by atoms with E-state index >= 15 is 0 Å². The third-order valence-electron chi connectivity index (χ3n) is 3.14. The van der Waals surface area contributed by atoms with Crippen molar-refractivity contribution in [2.24, 2.45) is 11.7 Å². The molecule has 0 heterocycles. The molecule has 1 aromatic carbocycles. The SMILES string of the molecule is CCC(NS(=O)(=O)c1cc(Cl)cc(CN)c1Cl)C(C)C. The molecule has 0 spiro atoms. The molecule has 0 amide bonds. The highest BCUT2D eigenvalue weighted by atomic mass is 35.5. The maximum absolute atomic E-state index is 12.5. The maximum Gasteiger partial charge on any atom is 0.242 e. The Morgan fingerprint density at radius 2 is 1.90 bits per heavy atom. The Morgan fingerprint density at radius 3 is 2.35 bits per heavy atom. The molecule has 0 saturated carbocycles. The second-order valence-corrected chi connectivity index (χ2v) is 7.46. The first-order valence-corrected chi connectivity index (χ1v) is 8.67. The van der Waals surface area contributed by atoms with Gasteiger partial charge in [-0.1, -0.05) is 44.0 Å². The van der Waals surface area contributed by atoms with Crippen molar-refractivity contribution in [1.82, 2.24) is 4.72 Å². The topological polar surface area (TPSA) is 72.2 Å². The van der Waals surface area contributed by atoms with Gasteiger partial charge >= 0.3 is 0 Å². The van der Waals surface area contributed by atoms with Gasteiger partial charge in [0.05, 0.1) is 5.02 Å². The summed E-state index contributed by atoms with van der Waals surface area (Å²) in [7, 11) is -3.72. The van der Waals surface area contributed by atoms with Crippen molar-refractivity contribution in [2.75, 3.05) is 0 Å². The van der Waals surface area contributed by atoms with Gasteiger partial charge in [0.2, 0.25) is 10.0 Å². The molecule has 114 valence electrons. The van der Waals surface area contributed by atoms with Gasteiger partial charge in [-0.2, -0.15) is 0 Å². The van der Waals surface area contributed by atoms with Gasteiger partial charge in [0.15, 0.2) is 0 Å². The lowest BCUT2D eigenvalue weighted by atomic mass is 10.0. The summed E-state index contributed by atoms with van der Waals surface area (Å²) in [6.45, 7) is 5.98. The second-order valence-electron chi connectivity index (χ2n) is 4.96. The number of halogens is 2. The van der Waals surface area contributed by atoms with Crippen LogP contribution in [0.1, 0.15) is 32.8 Å². The smallest absolute Gasteiger partial charge is 0.242 e. The predicted molar refractivity (Wildman–Crippen MR) is 83.6 cm³/mol. The summed E-state index contributed by atoms with van der Waals surface area (Å²) in [5.41, 5.74) is 6.06. The zero-order chi connectivity index (χ0) is 15.5. The first-order valence-electron chi connectivity index (χ1n) is 6.43. The van der Waals surface area contributed by atoms with Gasteiger partial charge in [-0.3, -0.25) is 0 Å². The lowest BCUT2D eigenvalue weighted by Crippen LogP contribution is -2.38. The van der Waals surface area contributed by atoms with Gasteiger partial charge < -0.3 is 5.73 Å². The van der Waals surface area contributed by atoms with Crippen molar-refractivity contribution in [2.45, 2.75) is 44.7 Å². The normalized spacial score (nSPS) is 13.8. The number of nitrogens with two attached hydrogens (primary N) is 1. The summed E-state index contributed by atoms with van der Waals surface area (Å²) in [5.74, 6) is 0.182. The summed E-state index contributed by atoms with van der Waals surface area (Å²) in [4.78, 5) is -0.0220. The lowest BCUT2D eigenvalue weighted by molar-refractivity contribution is 0.437. The fourth-order valence-corrected chi connectivity index (χ4v) is 4.33. The predicted octanol–water partition coefficient (Wildman–Crippen LogP) is 3.17. The number of nitrogens with one attached hydrogen (secondary N) is 1. The lowest BCUT2D eigenvalue weighted by Gasteiger charge is -2.21. The second kappa shape index (κ2) is 7.09. The third kappa shape index (κ3) is 4.09. The van der Waals surface area contributed by atoms with Gasteiger partial charge in [-0.25, -0.2) is 13.1 Å². The quantitative estimate of drug-likeness (QED) is 0.836. The summed E-state index contributed by atoms with van der Waals surface area (Å²) in [5, 5.41) is 0.427. The van der Waals surface area contributed by atoms with E-state index in [0.29, 0.717) is 17.0 Å². The van der Waals surface area contributed by atoms with Crippen molar-refractivity contribution in [3.8, 4) is 0 Å². The molecule has 0 saturated heterocycles. The molecule has 0 aliphatic rings. The van der Waals surface area contributed by atoms with E-state index < -0.39 is 10.0 Å². The molecule has 0 aromatic heterocycles. The molecule has 1 atom stereocenters. The largest absolute Gasteiger partial charge is 0.326 e. The summed E-state index contributed by atoms with van der Waals surface area (Å²) in [6.07, 6.45) is 0.693. The van der Waals surface area contributed by atoms with Crippen LogP contribution >= 0.6 is 23.2 Å². The van der Waals surface area contributed by atoms with Gasteiger partial charge in [-0.05, 0) is 30.0 Å². The van der Waals surface area contributed by atoms with Crippen molar-refractivity contribution < 1.29 is 8.42 Å². The summed E-state index contributed by atoms with van der Waals surface area (Å²) >= 11 is 12.0. The monoisotopic (exact) mass is 338 g/mol. The Morgan fingerprint density at radius 1 is 1.30 bits per heavy atom. The number of sulfonamides is 1. The van der Waals surface area contributed by atoms with Crippen molar-refractivity contribution >= 4 is 33.2 Å². The minimum atomic E-state index is -3.72. The zero-order valence-corrected chi connectivity index (χ0v) is 14.1. The van der Waals surface area contributed by atoms with Crippen molar-refractivity contribution in [1.29, 1.82) is 0 Å². The van der Waals surface area contributed by atoms with Gasteiger partial charge in [-0.15, -0.1) is 0 Å². The standard InChI is InChI=1S/C13H20Cl2N2O2S/c1-4-11(8(2)3)17-20(18,19)12-6-10(14)5-9(7-16)13(12)15/h5-6,8,11,17H,4,7,16H2,1-3H3. The Bertz CT molecular complexity index is 574. The van der Waals surface area contributed by atoms with Crippen LogP contribution in [0.5, 0.6) is 0 Å². The Labute approximate surface area is 130 Å². The van der Waals surface area contributed by atoms with Crippen LogP contribution in [0.2, 0.25) is 10.0 Å². The van der Waals surface area contributed by atoms with Crippen LogP contribution in [0.25, 0.3) is 0 Å². The van der Waals surface area contributed by atoms with Crippen LogP contribution in [0.4, 0.5) is 0 Å². The molecule has 0 radical (unpaired) electrons. The first kappa shape index (κ1) is 17.7. The molecular formula is C13H20Cl2N2O2S. The average molecular weight is 339 g/mol. The molecule has 20 heavy (non-hydrogen) atoms. The van der Waals surface area contributed by atoms with Crippen LogP contribution in [-0.4, -0.2) is 14.5 Å². The Kier molecular flexibility index (Phi) is 6.28. The molecule has 1 unspecified atom stereocenters. The highest BCUT2D eigenvalue weighted by Gasteiger charge is 2.25. The van der Waals surface area contributed by atoms with Gasteiger partial charge in [0, 0.05) is 17.6 Å². The van der Waals surface area contributed by atoms with Crippen LogP contribution in [0.15, 0.2) is 17.0 Å². The van der Waals surface area contributed by atoms with Gasteiger partial charge in [0.1, 0.15) is 4.90 Å². The molecule has 7 heteroatoms. The first-order chi connectivity index (χ1) is 9.22. The molecule has 0 bridgehead atoms. The minimum absolute atomic E-state index is 0.0220. The Hall–Kier alpha value is -0.330. The van der Waals surface area contributed by atoms with E-state index in [1.807, 2.05) is 20.8 Å². The zero-order valence-electron chi connectivity index (χ0n) is 11.8. The minimum Gasteiger partial charge on any atom is -0.326 e. The van der Waals surface area contributed by atoms with E-state index in [1.54, 1.807) is 6.07 Å². The van der Waals surface area contributed by atoms with E-state index in [2.05, 4.69) is 4.72 Å². The third-order valence-corrected chi connectivity index (χ3v) is 5.43. The molecule has 3 N–H and O–H groups in total. The number of hydrogen-bond donors (Lipinski definition) is 2. The number of hydrogen-bond acceptors (Lipinski definition) is 3. The van der Waals surface area contributed by atoms with E-state index in [1.165, 1.54) is 6.07 Å². The number of rotatable bonds is 6. The van der Waals surface area contributed by atoms with Crippen LogP contribution in [-0.2, 0) is 16.6 Å². The highest BCUT2D eigenvalue weighted by Crippen LogP contribution is 2.29. The van der Waals surface area contributed by atoms with E-state index in [9.17, 15) is 8.42 Å². The van der Waals surface area contributed by atoms with Crippen LogP contribution in [0.3, 0.4) is 0 Å². The fraction of sp³-hybridized carbons (Fsp3) is 0.538. The van der Waals surface area contributed by atoms with Crippen molar-refractivity contribution in [3.63, 3.8) is 0 Å². The van der Waals surface area contributed by atoms with E-state index in [4.69, 9.17) is 28.9 Å². The molecule has 0 aliphatic carbocycles. The fourth-order valence-electron chi connectivity index (χ4n) is 1.92.